The van der Waals surface area contributed by atoms with Gasteiger partial charge in [-0.15, -0.1) is 0 Å². The number of amides is 1. The summed E-state index contributed by atoms with van der Waals surface area (Å²) in [6, 6.07) is 11.2. The number of nitrogens with one attached hydrogen (secondary N) is 1. The molecule has 0 unspecified atom stereocenters. The maximum Gasteiger partial charge on any atom is 0.280 e. The maximum atomic E-state index is 12.2. The van der Waals surface area contributed by atoms with Crippen molar-refractivity contribution in [2.75, 3.05) is 39.3 Å². The first kappa shape index (κ1) is 17.3. The van der Waals surface area contributed by atoms with Crippen molar-refractivity contribution in [3.8, 4) is 5.75 Å². The third-order valence-electron chi connectivity index (χ3n) is 4.30. The van der Waals surface area contributed by atoms with Crippen molar-refractivity contribution in [3.05, 3.63) is 52.5 Å². The molecule has 1 aromatic heterocycles. The van der Waals surface area contributed by atoms with Crippen LogP contribution in [0.5, 0.6) is 5.75 Å². The molecule has 2 heterocycles. The number of benzene rings is 1. The van der Waals surface area contributed by atoms with Crippen LogP contribution < -0.4 is 10.3 Å². The molecule has 7 nitrogen and oxygen atoms in total. The SMILES string of the molecule is O=C(CCc1cc(=O)[nH]o1)N1CCN(CCOc2ccccc2)CC1. The number of aromatic nitrogens is 1. The van der Waals surface area contributed by atoms with Crippen LogP contribution in [0.15, 0.2) is 45.7 Å². The van der Waals surface area contributed by atoms with Crippen LogP contribution in [0.4, 0.5) is 0 Å². The van der Waals surface area contributed by atoms with Gasteiger partial charge in [-0.2, -0.15) is 5.16 Å². The van der Waals surface area contributed by atoms with Gasteiger partial charge in [0, 0.05) is 51.6 Å². The summed E-state index contributed by atoms with van der Waals surface area (Å²) < 4.78 is 10.7. The largest absolute Gasteiger partial charge is 0.492 e. The molecule has 0 radical (unpaired) electrons. The van der Waals surface area contributed by atoms with Crippen LogP contribution in [0.25, 0.3) is 0 Å². The third kappa shape index (κ3) is 5.22. The molecule has 0 atom stereocenters. The lowest BCUT2D eigenvalue weighted by atomic mass is 10.2. The Bertz CT molecular complexity index is 717. The van der Waals surface area contributed by atoms with E-state index in [1.807, 2.05) is 35.2 Å². The zero-order chi connectivity index (χ0) is 17.5. The van der Waals surface area contributed by atoms with Gasteiger partial charge >= 0.3 is 0 Å². The average Bonchev–Trinajstić information content (AvgIpc) is 3.06. The molecule has 7 heteroatoms. The van der Waals surface area contributed by atoms with E-state index in [9.17, 15) is 9.59 Å². The molecule has 1 saturated heterocycles. The molecule has 1 amide bonds. The number of ether oxygens (including phenoxy) is 1. The van der Waals surface area contributed by atoms with Gasteiger partial charge in [0.05, 0.1) is 0 Å². The van der Waals surface area contributed by atoms with Crippen molar-refractivity contribution in [1.29, 1.82) is 0 Å². The van der Waals surface area contributed by atoms with Gasteiger partial charge in [0.15, 0.2) is 0 Å². The topological polar surface area (TPSA) is 78.8 Å². The van der Waals surface area contributed by atoms with Crippen molar-refractivity contribution in [2.24, 2.45) is 0 Å². The minimum Gasteiger partial charge on any atom is -0.492 e. The van der Waals surface area contributed by atoms with E-state index in [1.165, 1.54) is 6.07 Å². The van der Waals surface area contributed by atoms with Crippen LogP contribution in [0, 0.1) is 0 Å². The molecule has 0 aliphatic carbocycles. The van der Waals surface area contributed by atoms with Crippen LogP contribution in [-0.4, -0.2) is 60.2 Å². The third-order valence-corrected chi connectivity index (χ3v) is 4.30. The monoisotopic (exact) mass is 345 g/mol. The predicted octanol–water partition coefficient (Wildman–Crippen LogP) is 1.12. The van der Waals surface area contributed by atoms with Gasteiger partial charge in [0.2, 0.25) is 5.91 Å². The number of nitrogens with zero attached hydrogens (tertiary/aromatic N) is 2. The van der Waals surface area contributed by atoms with Crippen molar-refractivity contribution in [3.63, 3.8) is 0 Å². The summed E-state index contributed by atoms with van der Waals surface area (Å²) >= 11 is 0. The summed E-state index contributed by atoms with van der Waals surface area (Å²) in [4.78, 5) is 27.4. The maximum absolute atomic E-state index is 12.2. The van der Waals surface area contributed by atoms with Crippen molar-refractivity contribution >= 4 is 5.91 Å². The van der Waals surface area contributed by atoms with Crippen LogP contribution in [0.3, 0.4) is 0 Å². The van der Waals surface area contributed by atoms with E-state index in [0.29, 0.717) is 25.2 Å². The molecule has 1 aliphatic rings. The number of hydrogen-bond donors (Lipinski definition) is 1. The normalized spacial score (nSPS) is 15.3. The lowest BCUT2D eigenvalue weighted by Crippen LogP contribution is -2.49. The summed E-state index contributed by atoms with van der Waals surface area (Å²) in [5, 5.41) is 2.24. The number of piperazine rings is 1. The zero-order valence-electron chi connectivity index (χ0n) is 14.1. The quantitative estimate of drug-likeness (QED) is 0.814. The summed E-state index contributed by atoms with van der Waals surface area (Å²) in [5.74, 6) is 1.51. The molecule has 1 aliphatic heterocycles. The van der Waals surface area contributed by atoms with Gasteiger partial charge in [-0.05, 0) is 12.1 Å². The zero-order valence-corrected chi connectivity index (χ0v) is 14.1. The summed E-state index contributed by atoms with van der Waals surface area (Å²) in [5.41, 5.74) is -0.270. The minimum atomic E-state index is -0.270. The first-order valence-corrected chi connectivity index (χ1v) is 8.56. The van der Waals surface area contributed by atoms with Gasteiger partial charge < -0.3 is 14.2 Å². The van der Waals surface area contributed by atoms with Crippen LogP contribution in [0.2, 0.25) is 0 Å². The minimum absolute atomic E-state index is 0.101. The van der Waals surface area contributed by atoms with Gasteiger partial charge in [0.25, 0.3) is 5.56 Å². The molecular formula is C18H23N3O4. The smallest absolute Gasteiger partial charge is 0.280 e. The van der Waals surface area contributed by atoms with E-state index in [-0.39, 0.29) is 11.5 Å². The number of para-hydroxylation sites is 1. The molecule has 0 saturated carbocycles. The van der Waals surface area contributed by atoms with E-state index in [0.717, 1.165) is 38.5 Å². The van der Waals surface area contributed by atoms with Crippen molar-refractivity contribution in [1.82, 2.24) is 15.0 Å². The highest BCUT2D eigenvalue weighted by Crippen LogP contribution is 2.09. The Labute approximate surface area is 146 Å². The van der Waals surface area contributed by atoms with Gasteiger partial charge in [-0.3, -0.25) is 14.5 Å². The Kier molecular flexibility index (Phi) is 5.90. The lowest BCUT2D eigenvalue weighted by Gasteiger charge is -2.34. The second-order valence-electron chi connectivity index (χ2n) is 6.06. The molecule has 25 heavy (non-hydrogen) atoms. The molecule has 134 valence electrons. The highest BCUT2D eigenvalue weighted by Gasteiger charge is 2.21. The Morgan fingerprint density at radius 1 is 1.16 bits per heavy atom. The highest BCUT2D eigenvalue weighted by molar-refractivity contribution is 5.76. The predicted molar refractivity (Wildman–Crippen MR) is 92.6 cm³/mol. The second kappa shape index (κ2) is 8.53. The number of aryl methyl sites for hydroxylation is 1. The summed E-state index contributed by atoms with van der Waals surface area (Å²) in [6.45, 7) is 4.64. The number of H-pyrrole nitrogens is 1. The second-order valence-corrected chi connectivity index (χ2v) is 6.06. The van der Waals surface area contributed by atoms with Crippen LogP contribution >= 0.6 is 0 Å². The van der Waals surface area contributed by atoms with Crippen LogP contribution in [-0.2, 0) is 11.2 Å². The first-order chi connectivity index (χ1) is 12.2. The molecule has 2 aromatic rings. The van der Waals surface area contributed by atoms with E-state index < -0.39 is 0 Å². The Balaban J connectivity index is 1.33. The number of rotatable bonds is 7. The molecular weight excluding hydrogens is 322 g/mol. The average molecular weight is 345 g/mol. The first-order valence-electron chi connectivity index (χ1n) is 8.56. The van der Waals surface area contributed by atoms with E-state index >= 15 is 0 Å². The summed E-state index contributed by atoms with van der Waals surface area (Å²) in [6.07, 6.45) is 0.806. The van der Waals surface area contributed by atoms with E-state index in [2.05, 4.69) is 10.1 Å². The number of carbonyl (C=O) groups is 1. The molecule has 0 bridgehead atoms. The summed E-state index contributed by atoms with van der Waals surface area (Å²) in [7, 11) is 0. The number of aromatic amines is 1. The van der Waals surface area contributed by atoms with Gasteiger partial charge in [-0.1, -0.05) is 18.2 Å². The van der Waals surface area contributed by atoms with Gasteiger partial charge in [-0.25, -0.2) is 0 Å². The molecule has 1 N–H and O–H groups in total. The standard InChI is InChI=1S/C18H23N3O4/c22-17-14-16(25-19-17)6-7-18(23)21-10-8-20(9-11-21)12-13-24-15-4-2-1-3-5-15/h1-5,14H,6-13H2,(H,19,22). The Morgan fingerprint density at radius 3 is 2.60 bits per heavy atom. The molecule has 3 rings (SSSR count). The molecule has 0 spiro atoms. The lowest BCUT2D eigenvalue weighted by molar-refractivity contribution is -0.133. The Hall–Kier alpha value is -2.54. The fourth-order valence-corrected chi connectivity index (χ4v) is 2.86. The molecule has 1 aromatic carbocycles. The fourth-order valence-electron chi connectivity index (χ4n) is 2.86. The van der Waals surface area contributed by atoms with E-state index in [4.69, 9.17) is 9.26 Å². The Morgan fingerprint density at radius 2 is 1.92 bits per heavy atom. The van der Waals surface area contributed by atoms with Crippen molar-refractivity contribution < 1.29 is 14.1 Å². The molecule has 1 fully saturated rings. The fraction of sp³-hybridized carbons (Fsp3) is 0.444. The van der Waals surface area contributed by atoms with E-state index in [1.54, 1.807) is 0 Å². The number of carbonyl (C=O) groups excluding carboxylic acids is 1. The number of hydrogen-bond acceptors (Lipinski definition) is 5. The van der Waals surface area contributed by atoms with Crippen LogP contribution in [0.1, 0.15) is 12.2 Å². The van der Waals surface area contributed by atoms with Crippen molar-refractivity contribution in [2.45, 2.75) is 12.8 Å². The highest BCUT2D eigenvalue weighted by atomic mass is 16.5. The van der Waals surface area contributed by atoms with Gasteiger partial charge in [0.1, 0.15) is 18.1 Å².